The Morgan fingerprint density at radius 2 is 1.72 bits per heavy atom. The summed E-state index contributed by atoms with van der Waals surface area (Å²) in [6.45, 7) is -0.828. The SMILES string of the molecule is O=C(O)c1c(F)ccc2c1OB(O)[C@@H](NC(=O)C(NC(=O)N1CCN(Cc3ccc(O)c(O)c3Cl)C(=O)C1=O)c1ccc(P(=O)(O)O)cc1)C2. The lowest BCUT2D eigenvalue weighted by molar-refractivity contribution is -0.154. The van der Waals surface area contributed by atoms with E-state index < -0.39 is 90.4 Å². The molecule has 8 N–H and O–H groups in total. The van der Waals surface area contributed by atoms with Gasteiger partial charge in [-0.25, -0.2) is 14.0 Å². The summed E-state index contributed by atoms with van der Waals surface area (Å²) < 4.78 is 31.1. The molecule has 21 heteroatoms. The first-order valence-electron chi connectivity index (χ1n) is 14.4. The van der Waals surface area contributed by atoms with Crippen LogP contribution in [-0.4, -0.2) is 95.8 Å². The largest absolute Gasteiger partial charge is 0.547 e. The number of nitrogens with zero attached hydrogens (tertiary/aromatic N) is 2. The number of imide groups is 1. The molecular formula is C29H26BClFN4O13P. The molecule has 1 saturated heterocycles. The minimum Gasteiger partial charge on any atom is -0.534 e. The number of hydrogen-bond acceptors (Lipinski definition) is 10. The third-order valence-corrected chi connectivity index (χ3v) is 9.33. The number of amides is 5. The van der Waals surface area contributed by atoms with Crippen LogP contribution in [0.3, 0.4) is 0 Å². The molecule has 0 aliphatic carbocycles. The number of carboxylic acid groups (broad SMARTS) is 1. The van der Waals surface area contributed by atoms with Crippen molar-refractivity contribution in [1.82, 2.24) is 20.4 Å². The Morgan fingerprint density at radius 3 is 2.36 bits per heavy atom. The standard InChI is InChI=1S/C29H26BClFN4O13P/c31-21-15(4-8-18(37)23(21)38)12-35-9-10-36(27(41)26(35)40)29(44)34-22(13-1-5-16(6-2-13)50(46,47)48)25(39)33-19-11-14-3-7-17(32)20(28(42)43)24(14)49-30(19)45/h1-8,19,22,37-38,45H,9-12H2,(H,33,39)(H,34,44)(H,42,43)(H2,46,47,48)/t19-,22?/m0/s1. The molecular weight excluding hydrogens is 709 g/mol. The third-order valence-electron chi connectivity index (χ3n) is 7.94. The van der Waals surface area contributed by atoms with Gasteiger partial charge in [0.15, 0.2) is 11.5 Å². The number of urea groups is 1. The quantitative estimate of drug-likeness (QED) is 0.0664. The van der Waals surface area contributed by atoms with E-state index in [4.69, 9.17) is 16.3 Å². The number of hydrogen-bond donors (Lipinski definition) is 8. The summed E-state index contributed by atoms with van der Waals surface area (Å²) in [7, 11) is -6.61. The zero-order valence-electron chi connectivity index (χ0n) is 25.3. The summed E-state index contributed by atoms with van der Waals surface area (Å²) in [6, 6.07) is 5.84. The maximum Gasteiger partial charge on any atom is 0.547 e. The van der Waals surface area contributed by atoms with Gasteiger partial charge in [-0.1, -0.05) is 35.9 Å². The summed E-state index contributed by atoms with van der Waals surface area (Å²) in [5, 5.41) is 43.6. The predicted molar refractivity (Wildman–Crippen MR) is 169 cm³/mol. The second-order valence-electron chi connectivity index (χ2n) is 11.2. The van der Waals surface area contributed by atoms with Crippen LogP contribution in [0.1, 0.15) is 33.1 Å². The molecule has 2 heterocycles. The van der Waals surface area contributed by atoms with Crippen molar-refractivity contribution in [2.45, 2.75) is 24.9 Å². The topological polar surface area (TPSA) is 264 Å². The van der Waals surface area contributed by atoms with E-state index in [0.717, 1.165) is 41.3 Å². The average Bonchev–Trinajstić information content (AvgIpc) is 3.05. The lowest BCUT2D eigenvalue weighted by atomic mass is 9.72. The van der Waals surface area contributed by atoms with Gasteiger partial charge in [-0.05, 0) is 47.4 Å². The van der Waals surface area contributed by atoms with Gasteiger partial charge in [0, 0.05) is 19.6 Å². The van der Waals surface area contributed by atoms with Crippen LogP contribution in [0.25, 0.3) is 0 Å². The number of carbonyl (C=O) groups is 5. The highest BCUT2D eigenvalue weighted by atomic mass is 35.5. The number of nitrogens with one attached hydrogen (secondary N) is 2. The molecule has 0 saturated carbocycles. The smallest absolute Gasteiger partial charge is 0.534 e. The third kappa shape index (κ3) is 7.22. The van der Waals surface area contributed by atoms with Crippen LogP contribution in [0.15, 0.2) is 48.5 Å². The van der Waals surface area contributed by atoms with Gasteiger partial charge < -0.3 is 50.3 Å². The highest BCUT2D eigenvalue weighted by Crippen LogP contribution is 2.37. The van der Waals surface area contributed by atoms with Gasteiger partial charge in [-0.3, -0.25) is 23.8 Å². The number of carbonyl (C=O) groups excluding carboxylic acids is 4. The van der Waals surface area contributed by atoms with E-state index in [-0.39, 0.29) is 47.8 Å². The number of benzene rings is 3. The Kier molecular flexibility index (Phi) is 10.1. The van der Waals surface area contributed by atoms with E-state index in [2.05, 4.69) is 10.6 Å². The molecule has 5 amide bonds. The zero-order chi connectivity index (χ0) is 36.7. The molecule has 3 aromatic rings. The highest BCUT2D eigenvalue weighted by Gasteiger charge is 2.42. The molecule has 17 nitrogen and oxygen atoms in total. The summed E-state index contributed by atoms with van der Waals surface area (Å²) in [4.78, 5) is 85.2. The van der Waals surface area contributed by atoms with Crippen LogP contribution in [0.4, 0.5) is 9.18 Å². The van der Waals surface area contributed by atoms with E-state index in [1.807, 2.05) is 0 Å². The minimum atomic E-state index is -4.71. The molecule has 2 aliphatic heterocycles. The van der Waals surface area contributed by atoms with Crippen molar-refractivity contribution in [3.8, 4) is 17.2 Å². The maximum atomic E-state index is 14.2. The lowest BCUT2D eigenvalue weighted by Crippen LogP contribution is -2.60. The Bertz CT molecular complexity index is 1960. The Balaban J connectivity index is 1.36. The minimum absolute atomic E-state index is 0.0471. The molecule has 0 spiro atoms. The molecule has 50 heavy (non-hydrogen) atoms. The van der Waals surface area contributed by atoms with Gasteiger partial charge in [0.2, 0.25) is 5.91 Å². The fourth-order valence-electron chi connectivity index (χ4n) is 5.33. The van der Waals surface area contributed by atoms with Crippen LogP contribution in [0, 0.1) is 5.82 Å². The molecule has 3 aromatic carbocycles. The first-order chi connectivity index (χ1) is 23.5. The number of aromatic hydroxyl groups is 2. The molecule has 1 unspecified atom stereocenters. The number of carboxylic acids is 1. The average molecular weight is 735 g/mol. The van der Waals surface area contributed by atoms with E-state index in [0.29, 0.717) is 4.90 Å². The fourth-order valence-corrected chi connectivity index (χ4v) is 6.09. The summed E-state index contributed by atoms with van der Waals surface area (Å²) in [5.41, 5.74) is -0.562. The lowest BCUT2D eigenvalue weighted by Gasteiger charge is -2.34. The maximum absolute atomic E-state index is 14.2. The number of fused-ring (bicyclic) bond motifs is 1. The molecule has 5 rings (SSSR count). The molecule has 262 valence electrons. The van der Waals surface area contributed by atoms with Gasteiger partial charge in [0.1, 0.15) is 23.2 Å². The van der Waals surface area contributed by atoms with E-state index in [1.54, 1.807) is 0 Å². The van der Waals surface area contributed by atoms with Gasteiger partial charge in [0.05, 0.1) is 16.3 Å². The number of halogens is 2. The van der Waals surface area contributed by atoms with E-state index >= 15 is 0 Å². The van der Waals surface area contributed by atoms with Gasteiger partial charge in [-0.2, -0.15) is 0 Å². The number of phenolic OH excluding ortho intramolecular Hbond substituents is 2. The van der Waals surface area contributed by atoms with Crippen molar-refractivity contribution in [2.24, 2.45) is 0 Å². The van der Waals surface area contributed by atoms with Crippen LogP contribution < -0.4 is 20.6 Å². The first-order valence-corrected chi connectivity index (χ1v) is 16.4. The van der Waals surface area contributed by atoms with Crippen molar-refractivity contribution >= 4 is 61.3 Å². The Morgan fingerprint density at radius 1 is 1.04 bits per heavy atom. The molecule has 2 atom stereocenters. The van der Waals surface area contributed by atoms with Gasteiger partial charge >= 0.3 is 38.5 Å². The number of rotatable bonds is 8. The van der Waals surface area contributed by atoms with Crippen molar-refractivity contribution in [1.29, 1.82) is 0 Å². The van der Waals surface area contributed by atoms with Crippen LogP contribution in [0.2, 0.25) is 5.02 Å². The second-order valence-corrected chi connectivity index (χ2v) is 13.1. The summed E-state index contributed by atoms with van der Waals surface area (Å²) in [6.07, 6.45) is -0.252. The van der Waals surface area contributed by atoms with E-state index in [1.165, 1.54) is 12.1 Å². The molecule has 0 radical (unpaired) electrons. The summed E-state index contributed by atoms with van der Waals surface area (Å²) in [5.74, 6) is -9.10. The zero-order valence-corrected chi connectivity index (χ0v) is 27.0. The molecule has 0 aromatic heterocycles. The Hall–Kier alpha value is -5.20. The van der Waals surface area contributed by atoms with Crippen LogP contribution in [0.5, 0.6) is 17.2 Å². The predicted octanol–water partition coefficient (Wildman–Crippen LogP) is 0.153. The van der Waals surface area contributed by atoms with Gasteiger partial charge in [-0.15, -0.1) is 0 Å². The molecule has 2 aliphatic rings. The Labute approximate surface area is 286 Å². The molecule has 0 bridgehead atoms. The number of phenols is 2. The monoisotopic (exact) mass is 734 g/mol. The second kappa shape index (κ2) is 14.0. The summed E-state index contributed by atoms with van der Waals surface area (Å²) >= 11 is 6.04. The molecule has 1 fully saturated rings. The highest BCUT2D eigenvalue weighted by molar-refractivity contribution is 7.60. The van der Waals surface area contributed by atoms with Crippen LogP contribution >= 0.6 is 19.2 Å². The normalized spacial score (nSPS) is 16.7. The van der Waals surface area contributed by atoms with Crippen molar-refractivity contribution < 1.29 is 67.7 Å². The van der Waals surface area contributed by atoms with Crippen LogP contribution in [-0.2, 0) is 31.9 Å². The fraction of sp³-hybridized carbons (Fsp3) is 0.207. The number of piperazine rings is 1. The van der Waals surface area contributed by atoms with Crippen molar-refractivity contribution in [3.63, 3.8) is 0 Å². The number of aromatic carboxylic acids is 1. The van der Waals surface area contributed by atoms with Crippen molar-refractivity contribution in [3.05, 3.63) is 81.6 Å². The van der Waals surface area contributed by atoms with Gasteiger partial charge in [0.25, 0.3) is 0 Å². The first kappa shape index (κ1) is 36.1. The van der Waals surface area contributed by atoms with Crippen molar-refractivity contribution in [2.75, 3.05) is 13.1 Å². The van der Waals surface area contributed by atoms with E-state index in [9.17, 15) is 63.1 Å².